The maximum atomic E-state index is 13.2. The Morgan fingerprint density at radius 3 is 2.56 bits per heavy atom. The Bertz CT molecular complexity index is 1090. The van der Waals surface area contributed by atoms with E-state index in [-0.39, 0.29) is 0 Å². The lowest BCUT2D eigenvalue weighted by Crippen LogP contribution is -2.42. The fraction of sp³-hybridized carbons (Fsp3) is 0.318. The number of nitrogens with one attached hydrogen (secondary N) is 2. The maximum Gasteiger partial charge on any atom is 0.325 e. The first kappa shape index (κ1) is 21.3. The van der Waals surface area contributed by atoms with Gasteiger partial charge in [0.2, 0.25) is 5.91 Å². The third-order valence-electron chi connectivity index (χ3n) is 5.38. The van der Waals surface area contributed by atoms with Crippen molar-refractivity contribution >= 4 is 23.5 Å². The van der Waals surface area contributed by atoms with E-state index >= 15 is 0 Å². The van der Waals surface area contributed by atoms with Crippen molar-refractivity contribution < 1.29 is 33.3 Å². The molecule has 0 bridgehead atoms. The molecule has 2 aromatic carbocycles. The zero-order chi connectivity index (χ0) is 22.9. The molecule has 2 heterocycles. The van der Waals surface area contributed by atoms with Gasteiger partial charge in [-0.15, -0.1) is 0 Å². The minimum atomic E-state index is -1.34. The summed E-state index contributed by atoms with van der Waals surface area (Å²) < 4.78 is 21.5. The summed E-state index contributed by atoms with van der Waals surface area (Å²) in [7, 11) is 2.98. The topological polar surface area (TPSA) is 115 Å². The summed E-state index contributed by atoms with van der Waals surface area (Å²) in [5.74, 6) is 0.921. The van der Waals surface area contributed by atoms with Crippen LogP contribution in [0.4, 0.5) is 10.5 Å². The monoisotopic (exact) mass is 441 g/mol. The van der Waals surface area contributed by atoms with Crippen LogP contribution in [0.25, 0.3) is 0 Å². The van der Waals surface area contributed by atoms with Crippen LogP contribution in [0.15, 0.2) is 36.4 Å². The van der Waals surface area contributed by atoms with Gasteiger partial charge in [-0.25, -0.2) is 4.79 Å². The van der Waals surface area contributed by atoms with E-state index in [0.717, 1.165) is 4.90 Å². The fourth-order valence-corrected chi connectivity index (χ4v) is 3.63. The predicted molar refractivity (Wildman–Crippen MR) is 113 cm³/mol. The van der Waals surface area contributed by atoms with E-state index in [9.17, 15) is 14.4 Å². The molecule has 0 spiro atoms. The first-order valence-corrected chi connectivity index (χ1v) is 9.92. The second kappa shape index (κ2) is 8.29. The Morgan fingerprint density at radius 2 is 1.84 bits per heavy atom. The number of ether oxygens (including phenoxy) is 4. The Morgan fingerprint density at radius 1 is 1.09 bits per heavy atom. The second-order valence-electron chi connectivity index (χ2n) is 7.42. The molecule has 168 valence electrons. The highest BCUT2D eigenvalue weighted by Gasteiger charge is 2.49. The summed E-state index contributed by atoms with van der Waals surface area (Å²) in [5, 5.41) is 5.34. The summed E-state index contributed by atoms with van der Waals surface area (Å²) in [6.45, 7) is 1.97. The van der Waals surface area contributed by atoms with E-state index in [4.69, 9.17) is 18.9 Å². The number of anilines is 1. The largest absolute Gasteiger partial charge is 0.497 e. The number of nitrogens with zero attached hydrogens (tertiary/aromatic N) is 1. The van der Waals surface area contributed by atoms with Gasteiger partial charge in [-0.3, -0.25) is 14.5 Å². The van der Waals surface area contributed by atoms with Gasteiger partial charge in [-0.1, -0.05) is 6.07 Å². The molecule has 32 heavy (non-hydrogen) atoms. The van der Waals surface area contributed by atoms with Crippen molar-refractivity contribution in [3.8, 4) is 23.0 Å². The number of hydrogen-bond acceptors (Lipinski definition) is 7. The summed E-state index contributed by atoms with van der Waals surface area (Å²) in [4.78, 5) is 39.2. The highest BCUT2D eigenvalue weighted by molar-refractivity contribution is 6.10. The summed E-state index contributed by atoms with van der Waals surface area (Å²) in [6.07, 6.45) is 0. The Hall–Kier alpha value is -3.95. The zero-order valence-electron chi connectivity index (χ0n) is 17.9. The molecule has 1 atom stereocenters. The molecule has 2 N–H and O–H groups in total. The van der Waals surface area contributed by atoms with Crippen molar-refractivity contribution in [2.24, 2.45) is 0 Å². The van der Waals surface area contributed by atoms with Crippen LogP contribution in [0.3, 0.4) is 0 Å². The van der Waals surface area contributed by atoms with Crippen LogP contribution in [0.2, 0.25) is 0 Å². The number of methoxy groups -OCH3 is 2. The molecule has 4 amide bonds. The van der Waals surface area contributed by atoms with Crippen LogP contribution in [0.5, 0.6) is 23.0 Å². The lowest BCUT2D eigenvalue weighted by atomic mass is 9.91. The molecular weight excluding hydrogens is 418 g/mol. The van der Waals surface area contributed by atoms with E-state index in [1.54, 1.807) is 43.3 Å². The van der Waals surface area contributed by atoms with Gasteiger partial charge < -0.3 is 29.6 Å². The van der Waals surface area contributed by atoms with Crippen molar-refractivity contribution in [3.63, 3.8) is 0 Å². The van der Waals surface area contributed by atoms with Crippen molar-refractivity contribution in [2.45, 2.75) is 12.5 Å². The number of rotatable bonds is 6. The second-order valence-corrected chi connectivity index (χ2v) is 7.42. The zero-order valence-corrected chi connectivity index (χ0v) is 17.9. The average molecular weight is 441 g/mol. The fourth-order valence-electron chi connectivity index (χ4n) is 3.63. The highest BCUT2D eigenvalue weighted by atomic mass is 16.6. The van der Waals surface area contributed by atoms with E-state index in [1.807, 2.05) is 0 Å². The molecule has 4 rings (SSSR count). The Kier molecular flexibility index (Phi) is 5.52. The lowest BCUT2D eigenvalue weighted by molar-refractivity contribution is -0.133. The molecule has 1 fully saturated rings. The first-order valence-electron chi connectivity index (χ1n) is 9.92. The molecule has 10 nitrogen and oxygen atoms in total. The number of carbonyl (C=O) groups excluding carboxylic acids is 3. The third-order valence-corrected chi connectivity index (χ3v) is 5.38. The third kappa shape index (κ3) is 3.75. The molecule has 1 saturated heterocycles. The number of amides is 4. The quantitative estimate of drug-likeness (QED) is 0.658. The minimum Gasteiger partial charge on any atom is -0.497 e. The van der Waals surface area contributed by atoms with E-state index in [0.29, 0.717) is 47.5 Å². The number of benzene rings is 2. The Labute approximate surface area is 184 Å². The van der Waals surface area contributed by atoms with Gasteiger partial charge in [0.25, 0.3) is 5.91 Å². The van der Waals surface area contributed by atoms with Crippen LogP contribution >= 0.6 is 0 Å². The Balaban J connectivity index is 1.50. The molecule has 2 aliphatic rings. The van der Waals surface area contributed by atoms with Crippen LogP contribution in [-0.4, -0.2) is 56.7 Å². The SMILES string of the molecule is COc1ccc(NC(=O)CN2C(=O)NC(C)(c3ccc4c(c3)OCCO4)C2=O)c(OC)c1. The average Bonchev–Trinajstić information content (AvgIpc) is 3.02. The number of hydrogen-bond donors (Lipinski definition) is 2. The number of carbonyl (C=O) groups is 3. The normalized spacial score (nSPS) is 19.4. The molecule has 0 radical (unpaired) electrons. The van der Waals surface area contributed by atoms with Gasteiger partial charge in [0.05, 0.1) is 19.9 Å². The summed E-state index contributed by atoms with van der Waals surface area (Å²) in [5.41, 5.74) is -0.426. The lowest BCUT2D eigenvalue weighted by Gasteiger charge is -2.25. The van der Waals surface area contributed by atoms with Gasteiger partial charge in [-0.05, 0) is 36.8 Å². The molecular formula is C22H23N3O7. The van der Waals surface area contributed by atoms with Gasteiger partial charge >= 0.3 is 6.03 Å². The smallest absolute Gasteiger partial charge is 0.325 e. The number of urea groups is 1. The van der Waals surface area contributed by atoms with Crippen LogP contribution in [0, 0.1) is 0 Å². The molecule has 0 aromatic heterocycles. The molecule has 2 aliphatic heterocycles. The standard InChI is InChI=1S/C22H23N3O7/c1-22(13-4-7-16-18(10-13)32-9-8-31-16)20(27)25(21(28)24-22)12-19(26)23-15-6-5-14(29-2)11-17(15)30-3/h4-7,10-11H,8-9,12H2,1-3H3,(H,23,26)(H,24,28). The predicted octanol–water partition coefficient (Wildman–Crippen LogP) is 1.88. The van der Waals surface area contributed by atoms with Crippen molar-refractivity contribution in [1.82, 2.24) is 10.2 Å². The van der Waals surface area contributed by atoms with E-state index in [2.05, 4.69) is 10.6 Å². The van der Waals surface area contributed by atoms with Gasteiger partial charge in [0, 0.05) is 6.07 Å². The molecule has 10 heteroatoms. The maximum absolute atomic E-state index is 13.2. The van der Waals surface area contributed by atoms with Crippen molar-refractivity contribution in [2.75, 3.05) is 39.3 Å². The molecule has 2 aromatic rings. The molecule has 0 aliphatic carbocycles. The van der Waals surface area contributed by atoms with E-state index < -0.39 is 29.9 Å². The van der Waals surface area contributed by atoms with E-state index in [1.165, 1.54) is 14.2 Å². The van der Waals surface area contributed by atoms with Crippen LogP contribution in [-0.2, 0) is 15.1 Å². The first-order chi connectivity index (χ1) is 15.4. The number of imide groups is 1. The van der Waals surface area contributed by atoms with Gasteiger partial charge in [0.15, 0.2) is 11.5 Å². The van der Waals surface area contributed by atoms with Crippen molar-refractivity contribution in [1.29, 1.82) is 0 Å². The van der Waals surface area contributed by atoms with Crippen LogP contribution < -0.4 is 29.6 Å². The summed E-state index contributed by atoms with van der Waals surface area (Å²) >= 11 is 0. The summed E-state index contributed by atoms with van der Waals surface area (Å²) in [6, 6.07) is 9.27. The number of fused-ring (bicyclic) bond motifs is 1. The van der Waals surface area contributed by atoms with Crippen molar-refractivity contribution in [3.05, 3.63) is 42.0 Å². The molecule has 0 saturated carbocycles. The van der Waals surface area contributed by atoms with Gasteiger partial charge in [-0.2, -0.15) is 0 Å². The minimum absolute atomic E-state index is 0.385. The highest BCUT2D eigenvalue weighted by Crippen LogP contribution is 2.37. The van der Waals surface area contributed by atoms with Gasteiger partial charge in [0.1, 0.15) is 36.8 Å². The molecule has 1 unspecified atom stereocenters. The van der Waals surface area contributed by atoms with Crippen LogP contribution in [0.1, 0.15) is 12.5 Å².